The number of ether oxygens (including phenoxy) is 1. The molecule has 0 saturated carbocycles. The van der Waals surface area contributed by atoms with Crippen molar-refractivity contribution in [3.8, 4) is 5.75 Å². The van der Waals surface area contributed by atoms with Crippen LogP contribution in [0.3, 0.4) is 0 Å². The van der Waals surface area contributed by atoms with Crippen molar-refractivity contribution in [1.82, 2.24) is 0 Å². The number of amides is 1. The first-order valence-corrected chi connectivity index (χ1v) is 11.6. The van der Waals surface area contributed by atoms with Crippen LogP contribution in [-0.2, 0) is 14.6 Å². The number of hydrogen-bond donors (Lipinski definition) is 0. The SMILES string of the molecule is CCCCCC(=O)N=C1S[C@H]2CS(=O)(=O)C[C@H]2N1c1ccccc1OC. The highest BCUT2D eigenvalue weighted by atomic mass is 32.2. The van der Waals surface area contributed by atoms with Crippen molar-refractivity contribution in [2.24, 2.45) is 4.99 Å². The number of thioether (sulfide) groups is 1. The lowest BCUT2D eigenvalue weighted by atomic mass is 10.2. The van der Waals surface area contributed by atoms with Gasteiger partial charge in [-0.1, -0.05) is 43.7 Å². The Balaban J connectivity index is 1.92. The Morgan fingerprint density at radius 2 is 2.08 bits per heavy atom. The fraction of sp³-hybridized carbons (Fsp3) is 0.556. The maximum Gasteiger partial charge on any atom is 0.248 e. The number of carbonyl (C=O) groups excluding carboxylic acids is 1. The predicted molar refractivity (Wildman–Crippen MR) is 106 cm³/mol. The average Bonchev–Trinajstić information content (AvgIpc) is 3.05. The van der Waals surface area contributed by atoms with Crippen LogP contribution in [0, 0.1) is 0 Å². The van der Waals surface area contributed by atoms with Crippen molar-refractivity contribution in [2.45, 2.75) is 43.9 Å². The molecule has 2 aliphatic rings. The normalized spacial score (nSPS) is 25.5. The first-order valence-electron chi connectivity index (χ1n) is 8.86. The number of aliphatic imine (C=N–C) groups is 1. The number of unbranched alkanes of at least 4 members (excludes halogenated alkanes) is 2. The lowest BCUT2D eigenvalue weighted by molar-refractivity contribution is -0.117. The number of anilines is 1. The molecule has 0 N–H and O–H groups in total. The third-order valence-corrected chi connectivity index (χ3v) is 7.84. The summed E-state index contributed by atoms with van der Waals surface area (Å²) in [6.45, 7) is 2.09. The van der Waals surface area contributed by atoms with Crippen molar-refractivity contribution in [2.75, 3.05) is 23.5 Å². The molecule has 1 aromatic rings. The van der Waals surface area contributed by atoms with E-state index in [0.29, 0.717) is 17.3 Å². The number of para-hydroxylation sites is 2. The molecular weight excluding hydrogens is 372 g/mol. The molecule has 0 unspecified atom stereocenters. The average molecular weight is 397 g/mol. The maximum atomic E-state index is 12.3. The molecule has 2 fully saturated rings. The Bertz CT molecular complexity index is 807. The van der Waals surface area contributed by atoms with Crippen LogP contribution < -0.4 is 9.64 Å². The van der Waals surface area contributed by atoms with Gasteiger partial charge in [0.1, 0.15) is 5.75 Å². The molecule has 0 aromatic heterocycles. The van der Waals surface area contributed by atoms with Crippen LogP contribution in [0.5, 0.6) is 5.75 Å². The van der Waals surface area contributed by atoms with E-state index in [0.717, 1.165) is 24.9 Å². The molecule has 1 amide bonds. The van der Waals surface area contributed by atoms with Crippen LogP contribution in [0.2, 0.25) is 0 Å². The minimum absolute atomic E-state index is 0.0752. The van der Waals surface area contributed by atoms with Gasteiger partial charge in [-0.05, 0) is 18.6 Å². The van der Waals surface area contributed by atoms with Crippen molar-refractivity contribution < 1.29 is 17.9 Å². The van der Waals surface area contributed by atoms with Crippen LogP contribution >= 0.6 is 11.8 Å². The third-order valence-electron chi connectivity index (χ3n) is 4.63. The zero-order chi connectivity index (χ0) is 18.7. The van der Waals surface area contributed by atoms with E-state index in [-0.39, 0.29) is 28.7 Å². The second kappa shape index (κ2) is 8.00. The number of nitrogens with zero attached hydrogens (tertiary/aromatic N) is 2. The number of carbonyl (C=O) groups is 1. The highest BCUT2D eigenvalue weighted by molar-refractivity contribution is 8.16. The van der Waals surface area contributed by atoms with Crippen LogP contribution in [0.4, 0.5) is 5.69 Å². The summed E-state index contributed by atoms with van der Waals surface area (Å²) in [4.78, 5) is 18.5. The number of benzene rings is 1. The van der Waals surface area contributed by atoms with E-state index in [1.807, 2.05) is 29.2 Å². The molecule has 26 heavy (non-hydrogen) atoms. The highest BCUT2D eigenvalue weighted by Gasteiger charge is 2.49. The molecule has 1 aromatic carbocycles. The van der Waals surface area contributed by atoms with Crippen LogP contribution in [0.25, 0.3) is 0 Å². The first-order chi connectivity index (χ1) is 12.4. The van der Waals surface area contributed by atoms with Gasteiger partial charge in [-0.15, -0.1) is 0 Å². The number of sulfone groups is 1. The zero-order valence-corrected chi connectivity index (χ0v) is 16.7. The van der Waals surface area contributed by atoms with E-state index in [1.54, 1.807) is 7.11 Å². The van der Waals surface area contributed by atoms with Gasteiger partial charge in [-0.3, -0.25) is 4.79 Å². The Hall–Kier alpha value is -1.54. The first kappa shape index (κ1) is 19.2. The van der Waals surface area contributed by atoms with E-state index < -0.39 is 9.84 Å². The third kappa shape index (κ3) is 4.06. The lowest BCUT2D eigenvalue weighted by Crippen LogP contribution is -2.38. The monoisotopic (exact) mass is 396 g/mol. The van der Waals surface area contributed by atoms with Crippen LogP contribution in [0.1, 0.15) is 32.6 Å². The standard InChI is InChI=1S/C18H24N2O4S2/c1-3-4-5-10-17(21)19-18-20(13-8-6-7-9-15(13)24-2)14-11-26(22,23)12-16(14)25-18/h6-9,14,16H,3-5,10-12H2,1-2H3/t14-,16+/m1/s1. The molecule has 3 rings (SSSR count). The van der Waals surface area contributed by atoms with Gasteiger partial charge < -0.3 is 9.64 Å². The number of amidine groups is 1. The zero-order valence-electron chi connectivity index (χ0n) is 15.1. The smallest absolute Gasteiger partial charge is 0.248 e. The Kier molecular flexibility index (Phi) is 5.92. The number of methoxy groups -OCH3 is 1. The Morgan fingerprint density at radius 1 is 1.31 bits per heavy atom. The Labute approximate surface area is 158 Å². The summed E-state index contributed by atoms with van der Waals surface area (Å²) >= 11 is 1.39. The van der Waals surface area contributed by atoms with E-state index >= 15 is 0 Å². The van der Waals surface area contributed by atoms with Gasteiger partial charge in [0.05, 0.1) is 30.3 Å². The van der Waals surface area contributed by atoms with E-state index in [9.17, 15) is 13.2 Å². The van der Waals surface area contributed by atoms with E-state index in [2.05, 4.69) is 11.9 Å². The molecule has 2 atom stereocenters. The minimum Gasteiger partial charge on any atom is -0.495 e. The highest BCUT2D eigenvalue weighted by Crippen LogP contribution is 2.43. The van der Waals surface area contributed by atoms with Crippen molar-refractivity contribution in [1.29, 1.82) is 0 Å². The van der Waals surface area contributed by atoms with E-state index in [4.69, 9.17) is 4.74 Å². The van der Waals surface area contributed by atoms with Crippen LogP contribution in [0.15, 0.2) is 29.3 Å². The second-order valence-corrected chi connectivity index (χ2v) is 9.95. The summed E-state index contributed by atoms with van der Waals surface area (Å²) in [6, 6.07) is 7.23. The van der Waals surface area contributed by atoms with Crippen molar-refractivity contribution >= 4 is 38.4 Å². The van der Waals surface area contributed by atoms with Gasteiger partial charge in [0, 0.05) is 11.7 Å². The summed E-state index contributed by atoms with van der Waals surface area (Å²) in [5.41, 5.74) is 0.757. The number of fused-ring (bicyclic) bond motifs is 1. The minimum atomic E-state index is -3.08. The van der Waals surface area contributed by atoms with E-state index in [1.165, 1.54) is 11.8 Å². The fourth-order valence-corrected chi connectivity index (χ4v) is 7.29. The van der Waals surface area contributed by atoms with Gasteiger partial charge in [0.15, 0.2) is 15.0 Å². The van der Waals surface area contributed by atoms with Crippen LogP contribution in [-0.4, -0.2) is 49.4 Å². The topological polar surface area (TPSA) is 76.0 Å². The molecule has 6 nitrogen and oxygen atoms in total. The summed E-state index contributed by atoms with van der Waals surface area (Å²) in [5, 5.41) is 0.480. The predicted octanol–water partition coefficient (Wildman–Crippen LogP) is 2.88. The van der Waals surface area contributed by atoms with Gasteiger partial charge in [-0.25, -0.2) is 8.42 Å². The summed E-state index contributed by atoms with van der Waals surface area (Å²) in [6.07, 6.45) is 3.30. The quantitative estimate of drug-likeness (QED) is 0.688. The molecule has 2 heterocycles. The number of hydrogen-bond acceptors (Lipinski definition) is 5. The molecule has 2 saturated heterocycles. The summed E-state index contributed by atoms with van der Waals surface area (Å²) in [5.74, 6) is 0.691. The molecule has 0 spiro atoms. The number of rotatable bonds is 6. The molecule has 0 bridgehead atoms. The fourth-order valence-electron chi connectivity index (χ4n) is 3.36. The molecule has 142 valence electrons. The van der Waals surface area contributed by atoms with Crippen molar-refractivity contribution in [3.63, 3.8) is 0 Å². The van der Waals surface area contributed by atoms with Gasteiger partial charge in [-0.2, -0.15) is 4.99 Å². The Morgan fingerprint density at radius 3 is 2.81 bits per heavy atom. The van der Waals surface area contributed by atoms with Gasteiger partial charge >= 0.3 is 0 Å². The van der Waals surface area contributed by atoms with Gasteiger partial charge in [0.25, 0.3) is 0 Å². The van der Waals surface area contributed by atoms with Crippen molar-refractivity contribution in [3.05, 3.63) is 24.3 Å². The largest absolute Gasteiger partial charge is 0.495 e. The summed E-state index contributed by atoms with van der Waals surface area (Å²) in [7, 11) is -1.50. The second-order valence-electron chi connectivity index (χ2n) is 6.59. The van der Waals surface area contributed by atoms with Gasteiger partial charge in [0.2, 0.25) is 5.91 Å². The molecule has 2 aliphatic heterocycles. The lowest BCUT2D eigenvalue weighted by Gasteiger charge is -2.26. The summed E-state index contributed by atoms with van der Waals surface area (Å²) < 4.78 is 29.7. The molecule has 0 radical (unpaired) electrons. The molecular formula is C18H24N2O4S2. The maximum absolute atomic E-state index is 12.3. The molecule has 8 heteroatoms. The molecule has 0 aliphatic carbocycles.